The summed E-state index contributed by atoms with van der Waals surface area (Å²) in [5, 5.41) is 0.904. The molecule has 5 nitrogen and oxygen atoms in total. The topological polar surface area (TPSA) is 74.3 Å². The summed E-state index contributed by atoms with van der Waals surface area (Å²) < 4.78 is 7.13. The van der Waals surface area contributed by atoms with Gasteiger partial charge in [-0.3, -0.25) is 9.36 Å². The Balaban J connectivity index is 1.81. The first-order valence-electron chi connectivity index (χ1n) is 9.71. The molecule has 0 saturated carbocycles. The number of rotatable bonds is 4. The van der Waals surface area contributed by atoms with Gasteiger partial charge >= 0.3 is 5.97 Å². The van der Waals surface area contributed by atoms with Gasteiger partial charge in [-0.15, -0.1) is 0 Å². The van der Waals surface area contributed by atoms with Crippen molar-refractivity contribution in [2.45, 2.75) is 52.0 Å². The van der Waals surface area contributed by atoms with Crippen molar-refractivity contribution in [1.29, 1.82) is 0 Å². The van der Waals surface area contributed by atoms with Gasteiger partial charge in [0.15, 0.2) is 0 Å². The first-order valence-corrected chi connectivity index (χ1v) is 9.71. The highest BCUT2D eigenvalue weighted by Crippen LogP contribution is 2.27. The van der Waals surface area contributed by atoms with Crippen molar-refractivity contribution in [3.05, 3.63) is 65.9 Å². The van der Waals surface area contributed by atoms with Crippen LogP contribution in [0, 0.1) is 0 Å². The van der Waals surface area contributed by atoms with Gasteiger partial charge in [0.2, 0.25) is 5.91 Å². The maximum absolute atomic E-state index is 12.8. The Morgan fingerprint density at radius 3 is 2.21 bits per heavy atom. The summed E-state index contributed by atoms with van der Waals surface area (Å²) in [5.74, 6) is -0.140. The predicted octanol–water partition coefficient (Wildman–Crippen LogP) is 4.46. The summed E-state index contributed by atoms with van der Waals surface area (Å²) in [4.78, 5) is 24.7. The fraction of sp³-hybridized carbons (Fsp3) is 0.333. The fourth-order valence-corrected chi connectivity index (χ4v) is 3.37. The standard InChI is InChI=1S/C24H28N2O3/c1-16(27)26-15-17(20-8-6-7-9-21(20)26)14-24(5,25)22(28)29-19-12-10-18(11-13-19)23(2,3)4/h6-13,15H,14,25H2,1-5H3. The minimum absolute atomic E-state index is 0.0237. The summed E-state index contributed by atoms with van der Waals surface area (Å²) in [6.45, 7) is 9.54. The van der Waals surface area contributed by atoms with Crippen LogP contribution in [0.1, 0.15) is 50.5 Å². The quantitative estimate of drug-likeness (QED) is 0.525. The maximum atomic E-state index is 12.8. The molecular formula is C24H28N2O3. The number of hydrogen-bond donors (Lipinski definition) is 1. The molecule has 0 aliphatic rings. The van der Waals surface area contributed by atoms with Crippen molar-refractivity contribution in [2.24, 2.45) is 5.73 Å². The third-order valence-electron chi connectivity index (χ3n) is 5.09. The molecule has 1 unspecified atom stereocenters. The lowest BCUT2D eigenvalue weighted by atomic mass is 9.87. The number of ether oxygens (including phenoxy) is 1. The van der Waals surface area contributed by atoms with Crippen molar-refractivity contribution in [2.75, 3.05) is 0 Å². The van der Waals surface area contributed by atoms with Crippen LogP contribution in [0.3, 0.4) is 0 Å². The Hall–Kier alpha value is -2.92. The van der Waals surface area contributed by atoms with Crippen LogP contribution in [0.4, 0.5) is 0 Å². The van der Waals surface area contributed by atoms with Crippen LogP contribution in [0.2, 0.25) is 0 Å². The van der Waals surface area contributed by atoms with E-state index in [-0.39, 0.29) is 17.7 Å². The van der Waals surface area contributed by atoms with Gasteiger partial charge in [-0.1, -0.05) is 51.1 Å². The predicted molar refractivity (Wildman–Crippen MR) is 115 cm³/mol. The number of nitrogens with zero attached hydrogens (tertiary/aromatic N) is 1. The number of para-hydroxylation sites is 1. The molecule has 0 radical (unpaired) electrons. The van der Waals surface area contributed by atoms with Crippen LogP contribution in [-0.4, -0.2) is 22.0 Å². The van der Waals surface area contributed by atoms with E-state index in [0.717, 1.165) is 22.0 Å². The minimum atomic E-state index is -1.24. The molecular weight excluding hydrogens is 364 g/mol. The molecule has 5 heteroatoms. The van der Waals surface area contributed by atoms with Crippen molar-refractivity contribution in [3.8, 4) is 5.75 Å². The van der Waals surface area contributed by atoms with Crippen LogP contribution in [0.25, 0.3) is 10.9 Å². The summed E-state index contributed by atoms with van der Waals surface area (Å²) in [6, 6.07) is 15.1. The van der Waals surface area contributed by atoms with E-state index in [4.69, 9.17) is 10.5 Å². The Morgan fingerprint density at radius 1 is 1.00 bits per heavy atom. The van der Waals surface area contributed by atoms with E-state index in [1.807, 2.05) is 36.4 Å². The average molecular weight is 392 g/mol. The van der Waals surface area contributed by atoms with Crippen molar-refractivity contribution in [3.63, 3.8) is 0 Å². The second kappa shape index (κ2) is 7.48. The number of fused-ring (bicyclic) bond motifs is 1. The van der Waals surface area contributed by atoms with E-state index >= 15 is 0 Å². The summed E-state index contributed by atoms with van der Waals surface area (Å²) in [5.41, 5.74) is 7.92. The molecule has 2 aromatic carbocycles. The third-order valence-corrected chi connectivity index (χ3v) is 5.09. The van der Waals surface area contributed by atoms with E-state index < -0.39 is 11.5 Å². The highest BCUT2D eigenvalue weighted by atomic mass is 16.5. The molecule has 0 aliphatic heterocycles. The summed E-state index contributed by atoms with van der Waals surface area (Å²) in [6.07, 6.45) is 2.01. The van der Waals surface area contributed by atoms with Crippen molar-refractivity contribution < 1.29 is 14.3 Å². The smallest absolute Gasteiger partial charge is 0.331 e. The van der Waals surface area contributed by atoms with Crippen molar-refractivity contribution >= 4 is 22.8 Å². The van der Waals surface area contributed by atoms with E-state index in [2.05, 4.69) is 20.8 Å². The molecule has 0 spiro atoms. The molecule has 3 aromatic rings. The lowest BCUT2D eigenvalue weighted by Crippen LogP contribution is -2.49. The maximum Gasteiger partial charge on any atom is 0.331 e. The number of hydrogen-bond acceptors (Lipinski definition) is 4. The third kappa shape index (κ3) is 4.40. The number of carbonyl (C=O) groups is 2. The van der Waals surface area contributed by atoms with Gasteiger partial charge < -0.3 is 10.5 Å². The highest BCUT2D eigenvalue weighted by Gasteiger charge is 2.32. The molecule has 29 heavy (non-hydrogen) atoms. The van der Waals surface area contributed by atoms with Gasteiger partial charge in [-0.25, -0.2) is 4.79 Å². The van der Waals surface area contributed by atoms with Gasteiger partial charge in [0.1, 0.15) is 11.3 Å². The zero-order chi connectivity index (χ0) is 21.4. The molecule has 0 bridgehead atoms. The first-order chi connectivity index (χ1) is 13.5. The SMILES string of the molecule is CC(=O)n1cc(CC(C)(N)C(=O)Oc2ccc(C(C)(C)C)cc2)c2ccccc21. The Bertz CT molecular complexity index is 1050. The van der Waals surface area contributed by atoms with Crippen LogP contribution < -0.4 is 10.5 Å². The zero-order valence-corrected chi connectivity index (χ0v) is 17.7. The van der Waals surface area contributed by atoms with Crippen molar-refractivity contribution in [1.82, 2.24) is 4.57 Å². The molecule has 1 aromatic heterocycles. The minimum Gasteiger partial charge on any atom is -0.425 e. The van der Waals surface area contributed by atoms with E-state index in [1.54, 1.807) is 29.8 Å². The average Bonchev–Trinajstić information content (AvgIpc) is 3.00. The van der Waals surface area contributed by atoms with Crippen LogP contribution in [0.5, 0.6) is 5.75 Å². The van der Waals surface area contributed by atoms with Crippen LogP contribution in [-0.2, 0) is 16.6 Å². The number of nitrogens with two attached hydrogens (primary N) is 1. The highest BCUT2D eigenvalue weighted by molar-refractivity contribution is 5.94. The van der Waals surface area contributed by atoms with E-state index in [1.165, 1.54) is 6.92 Å². The van der Waals surface area contributed by atoms with Gasteiger partial charge in [0, 0.05) is 24.9 Å². The zero-order valence-electron chi connectivity index (χ0n) is 17.7. The Morgan fingerprint density at radius 2 is 1.62 bits per heavy atom. The second-order valence-electron chi connectivity index (χ2n) is 8.82. The van der Waals surface area contributed by atoms with Crippen LogP contribution in [0.15, 0.2) is 54.7 Å². The van der Waals surface area contributed by atoms with E-state index in [0.29, 0.717) is 5.75 Å². The number of aromatic nitrogens is 1. The molecule has 3 rings (SSSR count). The Labute approximate surface area is 171 Å². The summed E-state index contributed by atoms with van der Waals surface area (Å²) >= 11 is 0. The molecule has 2 N–H and O–H groups in total. The number of esters is 1. The monoisotopic (exact) mass is 392 g/mol. The van der Waals surface area contributed by atoms with Gasteiger partial charge in [0.25, 0.3) is 0 Å². The fourth-order valence-electron chi connectivity index (χ4n) is 3.37. The van der Waals surface area contributed by atoms with Gasteiger partial charge in [0.05, 0.1) is 5.52 Å². The number of benzene rings is 2. The molecule has 152 valence electrons. The molecule has 0 saturated heterocycles. The number of carbonyl (C=O) groups excluding carboxylic acids is 2. The van der Waals surface area contributed by atoms with Gasteiger partial charge in [-0.2, -0.15) is 0 Å². The van der Waals surface area contributed by atoms with E-state index in [9.17, 15) is 9.59 Å². The summed E-state index contributed by atoms with van der Waals surface area (Å²) in [7, 11) is 0. The molecule has 0 aliphatic carbocycles. The van der Waals surface area contributed by atoms with Crippen LogP contribution >= 0.6 is 0 Å². The molecule has 1 heterocycles. The molecule has 0 fully saturated rings. The first kappa shape index (κ1) is 20.8. The normalized spacial score (nSPS) is 13.9. The lowest BCUT2D eigenvalue weighted by molar-refractivity contribution is -0.139. The largest absolute Gasteiger partial charge is 0.425 e. The molecule has 1 atom stereocenters. The van der Waals surface area contributed by atoms with Gasteiger partial charge in [-0.05, 0) is 41.7 Å². The lowest BCUT2D eigenvalue weighted by Gasteiger charge is -2.23. The molecule has 0 amide bonds. The second-order valence-corrected chi connectivity index (χ2v) is 8.82. The Kier molecular flexibility index (Phi) is 5.37.